The molecule has 6 nitrogen and oxygen atoms in total. The molecule has 1 unspecified atom stereocenters. The zero-order valence-electron chi connectivity index (χ0n) is 7.39. The minimum Gasteiger partial charge on any atom is -0.476 e. The highest BCUT2D eigenvalue weighted by Crippen LogP contribution is 2.23. The van der Waals surface area contributed by atoms with E-state index >= 15 is 0 Å². The van der Waals surface area contributed by atoms with Crippen LogP contribution in [0.1, 0.15) is 0 Å². The summed E-state index contributed by atoms with van der Waals surface area (Å²) in [6.45, 7) is 0. The number of carboxylic acid groups (broad SMARTS) is 1. The van der Waals surface area contributed by atoms with Gasteiger partial charge in [0.2, 0.25) is 0 Å². The Hall–Kier alpha value is -2.42. The predicted molar refractivity (Wildman–Crippen MR) is 48.8 cm³/mol. The van der Waals surface area contributed by atoms with Crippen molar-refractivity contribution in [1.29, 1.82) is 5.26 Å². The summed E-state index contributed by atoms with van der Waals surface area (Å²) >= 11 is 0. The lowest BCUT2D eigenvalue weighted by atomic mass is 10.0. The summed E-state index contributed by atoms with van der Waals surface area (Å²) in [7, 11) is 0. The zero-order valence-corrected chi connectivity index (χ0v) is 7.39. The molecular weight excluding hydrogens is 198 g/mol. The molecule has 0 aromatic carbocycles. The summed E-state index contributed by atoms with van der Waals surface area (Å²) in [4.78, 5) is 25.9. The minimum absolute atomic E-state index is 0.109. The molecule has 15 heavy (non-hydrogen) atoms. The van der Waals surface area contributed by atoms with Crippen LogP contribution in [0.2, 0.25) is 0 Å². The normalized spacial score (nSPS) is 23.0. The van der Waals surface area contributed by atoms with Crippen LogP contribution in [0.15, 0.2) is 28.4 Å². The van der Waals surface area contributed by atoms with Crippen LogP contribution in [0.5, 0.6) is 0 Å². The van der Waals surface area contributed by atoms with Gasteiger partial charge in [-0.15, -0.1) is 0 Å². The van der Waals surface area contributed by atoms with E-state index in [-0.39, 0.29) is 22.6 Å². The average Bonchev–Trinajstić information content (AvgIpc) is 2.57. The lowest BCUT2D eigenvalue weighted by molar-refractivity contribution is -0.129. The molecule has 0 aliphatic carbocycles. The van der Waals surface area contributed by atoms with E-state index in [0.29, 0.717) is 0 Å². The van der Waals surface area contributed by atoms with Crippen LogP contribution in [0.4, 0.5) is 0 Å². The van der Waals surface area contributed by atoms with Crippen molar-refractivity contribution in [3.8, 4) is 6.07 Å². The summed E-state index contributed by atoms with van der Waals surface area (Å²) in [5.74, 6) is -1.68. The van der Waals surface area contributed by atoms with Crippen molar-refractivity contribution in [2.45, 2.75) is 6.17 Å². The first-order valence-corrected chi connectivity index (χ1v) is 4.08. The van der Waals surface area contributed by atoms with Crippen molar-refractivity contribution < 1.29 is 14.7 Å². The first-order valence-electron chi connectivity index (χ1n) is 4.08. The number of allylic oxidation sites excluding steroid dienone is 1. The number of hydrogen-bond acceptors (Lipinski definition) is 5. The van der Waals surface area contributed by atoms with Crippen LogP contribution in [0.25, 0.3) is 0 Å². The van der Waals surface area contributed by atoms with Crippen molar-refractivity contribution in [1.82, 2.24) is 5.32 Å². The van der Waals surface area contributed by atoms with Crippen LogP contribution in [-0.4, -0.2) is 28.7 Å². The Morgan fingerprint density at radius 1 is 1.67 bits per heavy atom. The quantitative estimate of drug-likeness (QED) is 0.589. The van der Waals surface area contributed by atoms with Gasteiger partial charge in [-0.3, -0.25) is 4.79 Å². The summed E-state index contributed by atoms with van der Waals surface area (Å²) in [6, 6.07) is 1.70. The fraction of sp³-hybridized carbons (Fsp3) is 0.111. The van der Waals surface area contributed by atoms with Crippen molar-refractivity contribution in [3.05, 3.63) is 23.4 Å². The largest absolute Gasteiger partial charge is 0.476 e. The second-order valence-corrected chi connectivity index (χ2v) is 2.95. The molecule has 0 bridgehead atoms. The third-order valence-electron chi connectivity index (χ3n) is 2.11. The van der Waals surface area contributed by atoms with E-state index in [1.54, 1.807) is 6.07 Å². The van der Waals surface area contributed by atoms with E-state index in [4.69, 9.17) is 10.4 Å². The van der Waals surface area contributed by atoms with Gasteiger partial charge in [0.15, 0.2) is 17.7 Å². The Bertz CT molecular complexity index is 493. The van der Waals surface area contributed by atoms with E-state index in [1.165, 1.54) is 12.3 Å². The molecule has 0 spiro atoms. The standard InChI is InChI=1S/C9H5N3O3/c10-3-4-6-5(13)1-2-11-8(6)12-7(4)9(14)15/h1-2,8,11H,(H,14,15). The van der Waals surface area contributed by atoms with Crippen LogP contribution in [0, 0.1) is 11.3 Å². The van der Waals surface area contributed by atoms with E-state index < -0.39 is 12.1 Å². The fourth-order valence-corrected chi connectivity index (χ4v) is 1.48. The fourth-order valence-electron chi connectivity index (χ4n) is 1.48. The Labute approximate surface area is 84.2 Å². The number of nitriles is 1. The lowest BCUT2D eigenvalue weighted by Crippen LogP contribution is -2.30. The number of aliphatic carboxylic acids is 1. The second-order valence-electron chi connectivity index (χ2n) is 2.95. The summed E-state index contributed by atoms with van der Waals surface area (Å²) in [5, 5.41) is 20.3. The Kier molecular flexibility index (Phi) is 1.87. The van der Waals surface area contributed by atoms with E-state index in [2.05, 4.69) is 10.3 Å². The third-order valence-corrected chi connectivity index (χ3v) is 2.11. The maximum Gasteiger partial charge on any atom is 0.355 e. The molecule has 0 saturated carbocycles. The first-order chi connectivity index (χ1) is 7.15. The third kappa shape index (κ3) is 1.21. The van der Waals surface area contributed by atoms with Gasteiger partial charge in [-0.05, 0) is 0 Å². The number of carbonyl (C=O) groups excluding carboxylic acids is 1. The molecule has 2 rings (SSSR count). The van der Waals surface area contributed by atoms with Gasteiger partial charge in [0.1, 0.15) is 6.07 Å². The average molecular weight is 203 g/mol. The molecule has 0 fully saturated rings. The topological polar surface area (TPSA) is 103 Å². The number of carboxylic acids is 1. The van der Waals surface area contributed by atoms with Crippen LogP contribution < -0.4 is 5.32 Å². The van der Waals surface area contributed by atoms with Crippen molar-refractivity contribution in [2.75, 3.05) is 0 Å². The number of fused-ring (bicyclic) bond motifs is 1. The van der Waals surface area contributed by atoms with E-state index in [0.717, 1.165) is 0 Å². The van der Waals surface area contributed by atoms with E-state index in [9.17, 15) is 9.59 Å². The molecule has 0 aromatic rings. The zero-order chi connectivity index (χ0) is 11.0. The number of nitrogens with one attached hydrogen (secondary N) is 1. The van der Waals surface area contributed by atoms with Gasteiger partial charge in [-0.2, -0.15) is 5.26 Å². The molecule has 1 atom stereocenters. The number of rotatable bonds is 1. The molecular formula is C9H5N3O3. The highest BCUT2D eigenvalue weighted by molar-refractivity contribution is 6.46. The van der Waals surface area contributed by atoms with Gasteiger partial charge < -0.3 is 10.4 Å². The highest BCUT2D eigenvalue weighted by atomic mass is 16.4. The molecule has 0 aromatic heterocycles. The monoisotopic (exact) mass is 203 g/mol. The van der Waals surface area contributed by atoms with Crippen LogP contribution in [-0.2, 0) is 9.59 Å². The summed E-state index contributed by atoms with van der Waals surface area (Å²) < 4.78 is 0. The summed E-state index contributed by atoms with van der Waals surface area (Å²) in [5.41, 5.74) is -0.409. The molecule has 0 amide bonds. The number of carbonyl (C=O) groups is 2. The van der Waals surface area contributed by atoms with Crippen molar-refractivity contribution in [2.24, 2.45) is 4.99 Å². The van der Waals surface area contributed by atoms with Gasteiger partial charge in [-0.25, -0.2) is 9.79 Å². The molecule has 0 radical (unpaired) electrons. The molecule has 0 saturated heterocycles. The Balaban J connectivity index is 2.58. The van der Waals surface area contributed by atoms with Gasteiger partial charge in [-0.1, -0.05) is 0 Å². The van der Waals surface area contributed by atoms with Crippen LogP contribution >= 0.6 is 0 Å². The van der Waals surface area contributed by atoms with E-state index in [1.807, 2.05) is 0 Å². The first kappa shape index (κ1) is 9.15. The predicted octanol–water partition coefficient (Wildman–Crippen LogP) is -0.642. The lowest BCUT2D eigenvalue weighted by Gasteiger charge is -2.14. The van der Waals surface area contributed by atoms with Gasteiger partial charge in [0.05, 0.1) is 11.1 Å². The van der Waals surface area contributed by atoms with Gasteiger partial charge in [0, 0.05) is 12.3 Å². The second kappa shape index (κ2) is 3.06. The highest BCUT2D eigenvalue weighted by Gasteiger charge is 2.36. The number of ketones is 1. The van der Waals surface area contributed by atoms with Crippen LogP contribution in [0.3, 0.4) is 0 Å². The molecule has 2 N–H and O–H groups in total. The molecule has 74 valence electrons. The maximum atomic E-state index is 11.4. The molecule has 6 heteroatoms. The Morgan fingerprint density at radius 2 is 2.40 bits per heavy atom. The number of nitrogens with zero attached hydrogens (tertiary/aromatic N) is 2. The smallest absolute Gasteiger partial charge is 0.355 e. The molecule has 2 aliphatic heterocycles. The van der Waals surface area contributed by atoms with Gasteiger partial charge >= 0.3 is 5.97 Å². The minimum atomic E-state index is -1.30. The summed E-state index contributed by atoms with van der Waals surface area (Å²) in [6.07, 6.45) is 1.90. The van der Waals surface area contributed by atoms with Crippen molar-refractivity contribution in [3.63, 3.8) is 0 Å². The number of aliphatic imine (C=N–C) groups is 1. The SMILES string of the molecule is N#CC1=C2C(=O)C=CNC2N=C1C(=O)O. The molecule has 2 heterocycles. The van der Waals surface area contributed by atoms with Crippen molar-refractivity contribution >= 4 is 17.5 Å². The molecule has 2 aliphatic rings. The van der Waals surface area contributed by atoms with Gasteiger partial charge in [0.25, 0.3) is 0 Å². The Morgan fingerprint density at radius 3 is 3.00 bits per heavy atom. The maximum absolute atomic E-state index is 11.4. The number of hydrogen-bond donors (Lipinski definition) is 2.